The van der Waals surface area contributed by atoms with Crippen molar-refractivity contribution in [3.8, 4) is 0 Å². The van der Waals surface area contributed by atoms with Crippen LogP contribution in [0.5, 0.6) is 0 Å². The molecule has 1 aliphatic rings. The Labute approximate surface area is 85.7 Å². The lowest BCUT2D eigenvalue weighted by Gasteiger charge is -2.07. The van der Waals surface area contributed by atoms with Crippen molar-refractivity contribution < 1.29 is 14.6 Å². The topological polar surface area (TPSA) is 61.6 Å². The van der Waals surface area contributed by atoms with Crippen LogP contribution in [0.1, 0.15) is 45.4 Å². The summed E-state index contributed by atoms with van der Waals surface area (Å²) in [6.07, 6.45) is 6.07. The predicted molar refractivity (Wildman–Crippen MR) is 54.5 cm³/mol. The molecule has 1 aliphatic heterocycles. The van der Waals surface area contributed by atoms with Crippen molar-refractivity contribution in [2.45, 2.75) is 45.4 Å². The number of rotatable bonds is 4. The van der Waals surface area contributed by atoms with Crippen molar-refractivity contribution in [3.05, 3.63) is 0 Å². The predicted octanol–water partition coefficient (Wildman–Crippen LogP) is 1.78. The van der Waals surface area contributed by atoms with Gasteiger partial charge in [-0.2, -0.15) is 0 Å². The lowest BCUT2D eigenvalue weighted by Crippen LogP contribution is -2.09. The van der Waals surface area contributed by atoms with Crippen LogP contribution in [0, 0.1) is 0 Å². The molecule has 0 saturated carbocycles. The van der Waals surface area contributed by atoms with Gasteiger partial charge in [0.1, 0.15) is 0 Å². The number of hydrogen-bond acceptors (Lipinski definition) is 3. The molecule has 2 N–H and O–H groups in total. The molecule has 1 fully saturated rings. The summed E-state index contributed by atoms with van der Waals surface area (Å²) in [4.78, 5) is 19.2. The molecular weight excluding hydrogens is 182 g/mol. The summed E-state index contributed by atoms with van der Waals surface area (Å²) >= 11 is 0. The number of amides is 1. The van der Waals surface area contributed by atoms with E-state index in [0.717, 1.165) is 45.3 Å². The first-order valence-electron chi connectivity index (χ1n) is 5.30. The highest BCUT2D eigenvalue weighted by Gasteiger charge is 1.95. The third-order valence-corrected chi connectivity index (χ3v) is 1.82. The normalized spacial score (nSPS) is 15.5. The van der Waals surface area contributed by atoms with Gasteiger partial charge in [0, 0.05) is 6.42 Å². The van der Waals surface area contributed by atoms with E-state index in [-0.39, 0.29) is 5.91 Å². The molecule has 14 heavy (non-hydrogen) atoms. The van der Waals surface area contributed by atoms with E-state index in [1.165, 1.54) is 0 Å². The summed E-state index contributed by atoms with van der Waals surface area (Å²) in [7, 11) is 0. The number of carbonyl (C=O) groups excluding carboxylic acids is 1. The van der Waals surface area contributed by atoms with Crippen molar-refractivity contribution in [1.29, 1.82) is 0 Å². The smallest absolute Gasteiger partial charge is 0.217 e. The van der Waals surface area contributed by atoms with Crippen LogP contribution in [0.25, 0.3) is 0 Å². The van der Waals surface area contributed by atoms with Crippen LogP contribution in [0.4, 0.5) is 0 Å². The van der Waals surface area contributed by atoms with Crippen LogP contribution in [-0.2, 0) is 14.6 Å². The van der Waals surface area contributed by atoms with Crippen LogP contribution in [0.3, 0.4) is 0 Å². The largest absolute Gasteiger partial charge is 0.370 e. The van der Waals surface area contributed by atoms with Crippen molar-refractivity contribution >= 4 is 5.91 Å². The second kappa shape index (κ2) is 10.5. The first-order chi connectivity index (χ1) is 6.77. The van der Waals surface area contributed by atoms with E-state index in [9.17, 15) is 4.79 Å². The zero-order chi connectivity index (χ0) is 10.6. The third kappa shape index (κ3) is 11.4. The molecule has 0 bridgehead atoms. The van der Waals surface area contributed by atoms with Gasteiger partial charge in [-0.05, 0) is 19.3 Å². The number of primary amides is 1. The molecule has 0 unspecified atom stereocenters. The second-order valence-corrected chi connectivity index (χ2v) is 3.27. The van der Waals surface area contributed by atoms with Crippen molar-refractivity contribution in [3.63, 3.8) is 0 Å². The lowest BCUT2D eigenvalue weighted by molar-refractivity contribution is -0.312. The van der Waals surface area contributed by atoms with E-state index in [2.05, 4.69) is 16.7 Å². The monoisotopic (exact) mass is 203 g/mol. The highest BCUT2D eigenvalue weighted by molar-refractivity contribution is 5.73. The third-order valence-electron chi connectivity index (χ3n) is 1.82. The van der Waals surface area contributed by atoms with E-state index in [0.29, 0.717) is 6.42 Å². The summed E-state index contributed by atoms with van der Waals surface area (Å²) in [6.45, 7) is 3.65. The SMILES string of the molecule is C1CCOOC1.CCCCCC(N)=O. The first-order valence-corrected chi connectivity index (χ1v) is 5.30. The zero-order valence-corrected chi connectivity index (χ0v) is 8.96. The summed E-state index contributed by atoms with van der Waals surface area (Å²) in [5, 5.41) is 0. The van der Waals surface area contributed by atoms with Gasteiger partial charge < -0.3 is 5.73 Å². The Balaban J connectivity index is 0.000000249. The number of carbonyl (C=O) groups is 1. The van der Waals surface area contributed by atoms with Crippen molar-refractivity contribution in [1.82, 2.24) is 0 Å². The van der Waals surface area contributed by atoms with Gasteiger partial charge in [0.2, 0.25) is 5.91 Å². The van der Waals surface area contributed by atoms with E-state index < -0.39 is 0 Å². The summed E-state index contributed by atoms with van der Waals surface area (Å²) < 4.78 is 0. The van der Waals surface area contributed by atoms with Gasteiger partial charge in [-0.1, -0.05) is 19.8 Å². The number of unbranched alkanes of at least 4 members (excludes halogenated alkanes) is 2. The molecule has 1 amide bonds. The van der Waals surface area contributed by atoms with Gasteiger partial charge in [-0.3, -0.25) is 4.79 Å². The Bertz CT molecular complexity index is 124. The lowest BCUT2D eigenvalue weighted by atomic mass is 10.2. The Morgan fingerprint density at radius 2 is 1.79 bits per heavy atom. The van der Waals surface area contributed by atoms with Gasteiger partial charge in [-0.15, -0.1) is 0 Å². The summed E-state index contributed by atoms with van der Waals surface area (Å²) in [6, 6.07) is 0. The highest BCUT2D eigenvalue weighted by atomic mass is 17.2. The Kier molecular flexibility index (Phi) is 10.0. The molecule has 0 aromatic heterocycles. The molecular formula is C10H21NO3. The zero-order valence-electron chi connectivity index (χ0n) is 8.96. The molecule has 0 aromatic rings. The highest BCUT2D eigenvalue weighted by Crippen LogP contribution is 1.98. The van der Waals surface area contributed by atoms with Gasteiger partial charge >= 0.3 is 0 Å². The Morgan fingerprint density at radius 3 is 2.07 bits per heavy atom. The first kappa shape index (κ1) is 13.4. The fourth-order valence-corrected chi connectivity index (χ4v) is 0.989. The van der Waals surface area contributed by atoms with E-state index in [1.54, 1.807) is 0 Å². The number of hydrogen-bond donors (Lipinski definition) is 1. The van der Waals surface area contributed by atoms with Crippen LogP contribution >= 0.6 is 0 Å². The minimum atomic E-state index is -0.182. The minimum Gasteiger partial charge on any atom is -0.370 e. The van der Waals surface area contributed by atoms with Gasteiger partial charge in [-0.25, -0.2) is 9.78 Å². The summed E-state index contributed by atoms with van der Waals surface area (Å²) in [5.74, 6) is -0.182. The molecule has 0 aliphatic carbocycles. The van der Waals surface area contributed by atoms with Crippen LogP contribution in [0.2, 0.25) is 0 Å². The maximum atomic E-state index is 10.1. The molecule has 4 heteroatoms. The molecule has 0 spiro atoms. The summed E-state index contributed by atoms with van der Waals surface area (Å²) in [5.41, 5.74) is 4.89. The minimum absolute atomic E-state index is 0.182. The quantitative estimate of drug-likeness (QED) is 0.559. The maximum absolute atomic E-state index is 10.1. The fourth-order valence-electron chi connectivity index (χ4n) is 0.989. The molecule has 0 atom stereocenters. The Morgan fingerprint density at radius 1 is 1.21 bits per heavy atom. The average Bonchev–Trinajstić information content (AvgIpc) is 2.21. The van der Waals surface area contributed by atoms with Crippen molar-refractivity contribution in [2.75, 3.05) is 13.2 Å². The number of nitrogens with two attached hydrogens (primary N) is 1. The average molecular weight is 203 g/mol. The van der Waals surface area contributed by atoms with Gasteiger partial charge in [0.25, 0.3) is 0 Å². The second-order valence-electron chi connectivity index (χ2n) is 3.27. The van der Waals surface area contributed by atoms with Gasteiger partial charge in [0.05, 0.1) is 13.2 Å². The molecule has 1 heterocycles. The van der Waals surface area contributed by atoms with Crippen LogP contribution in [-0.4, -0.2) is 19.1 Å². The molecule has 1 saturated heterocycles. The van der Waals surface area contributed by atoms with Gasteiger partial charge in [0.15, 0.2) is 0 Å². The van der Waals surface area contributed by atoms with Crippen LogP contribution < -0.4 is 5.73 Å². The van der Waals surface area contributed by atoms with E-state index in [4.69, 9.17) is 5.73 Å². The molecule has 84 valence electrons. The maximum Gasteiger partial charge on any atom is 0.217 e. The Hall–Kier alpha value is -0.610. The van der Waals surface area contributed by atoms with Crippen molar-refractivity contribution in [2.24, 2.45) is 5.73 Å². The van der Waals surface area contributed by atoms with E-state index in [1.807, 2.05) is 0 Å². The molecule has 0 aromatic carbocycles. The molecule has 0 radical (unpaired) electrons. The van der Waals surface area contributed by atoms with E-state index >= 15 is 0 Å². The van der Waals surface area contributed by atoms with Crippen LogP contribution in [0.15, 0.2) is 0 Å². The standard InChI is InChI=1S/C6H13NO.C4H8O2/c1-2-3-4-5-6(7)8;1-2-4-6-5-3-1/h2-5H2,1H3,(H2,7,8);1-4H2. The molecule has 1 rings (SSSR count). The molecule has 4 nitrogen and oxygen atoms in total. The fraction of sp³-hybridized carbons (Fsp3) is 0.900.